The van der Waals surface area contributed by atoms with Gasteiger partial charge in [-0.05, 0) is 28.1 Å². The number of morpholine rings is 1. The van der Waals surface area contributed by atoms with Gasteiger partial charge >= 0.3 is 0 Å². The summed E-state index contributed by atoms with van der Waals surface area (Å²) in [6, 6.07) is 7.34. The lowest BCUT2D eigenvalue weighted by Gasteiger charge is -2.32. The summed E-state index contributed by atoms with van der Waals surface area (Å²) < 4.78 is 6.11. The lowest BCUT2D eigenvalue weighted by molar-refractivity contribution is -0.0447. The third kappa shape index (κ3) is 2.86. The largest absolute Gasteiger partial charge is 0.394 e. The lowest BCUT2D eigenvalue weighted by atomic mass is 10.2. The zero-order valence-electron chi connectivity index (χ0n) is 9.30. The number of benzene rings is 1. The summed E-state index contributed by atoms with van der Waals surface area (Å²) in [6.07, 6.45) is -0.268. The molecule has 1 N–H and O–H groups in total. The monoisotopic (exact) mass is 299 g/mol. The highest BCUT2D eigenvalue weighted by Crippen LogP contribution is 2.19. The minimum atomic E-state index is -0.268. The molecule has 1 aromatic rings. The second-order valence-corrected chi connectivity index (χ2v) is 4.76. The van der Waals surface area contributed by atoms with Crippen LogP contribution in [0.15, 0.2) is 28.7 Å². The molecule has 5 heteroatoms. The molecule has 0 aliphatic carbocycles. The van der Waals surface area contributed by atoms with Gasteiger partial charge in [-0.1, -0.05) is 12.1 Å². The Labute approximate surface area is 108 Å². The first kappa shape index (κ1) is 12.5. The molecular formula is C12H14BrNO3. The van der Waals surface area contributed by atoms with Crippen LogP contribution in [0.5, 0.6) is 0 Å². The van der Waals surface area contributed by atoms with Gasteiger partial charge < -0.3 is 14.7 Å². The Hall–Kier alpha value is -0.910. The maximum atomic E-state index is 12.2. The summed E-state index contributed by atoms with van der Waals surface area (Å²) in [7, 11) is 0. The number of rotatable bonds is 2. The minimum Gasteiger partial charge on any atom is -0.394 e. The number of ether oxygens (including phenoxy) is 1. The first-order valence-electron chi connectivity index (χ1n) is 5.48. The Bertz CT molecular complexity index is 410. The van der Waals surface area contributed by atoms with Crippen LogP contribution in [0.25, 0.3) is 0 Å². The summed E-state index contributed by atoms with van der Waals surface area (Å²) in [5, 5.41) is 9.04. The van der Waals surface area contributed by atoms with E-state index in [-0.39, 0.29) is 18.6 Å². The third-order valence-electron chi connectivity index (χ3n) is 2.73. The number of aliphatic hydroxyl groups excluding tert-OH is 1. The van der Waals surface area contributed by atoms with Gasteiger partial charge in [-0.15, -0.1) is 0 Å². The second kappa shape index (κ2) is 5.62. The van der Waals surface area contributed by atoms with Crippen molar-refractivity contribution in [3.8, 4) is 0 Å². The topological polar surface area (TPSA) is 49.8 Å². The van der Waals surface area contributed by atoms with Crippen molar-refractivity contribution in [3.05, 3.63) is 34.3 Å². The van der Waals surface area contributed by atoms with E-state index in [0.717, 1.165) is 4.47 Å². The average molecular weight is 300 g/mol. The minimum absolute atomic E-state index is 0.0285. The first-order valence-corrected chi connectivity index (χ1v) is 6.28. The number of halogens is 1. The number of nitrogens with zero attached hydrogens (tertiary/aromatic N) is 1. The SMILES string of the molecule is O=C(c1ccccc1Br)N1CCOC(CO)C1. The van der Waals surface area contributed by atoms with Crippen LogP contribution in [0.2, 0.25) is 0 Å². The van der Waals surface area contributed by atoms with E-state index >= 15 is 0 Å². The van der Waals surface area contributed by atoms with Gasteiger partial charge in [-0.3, -0.25) is 4.79 Å². The van der Waals surface area contributed by atoms with Gasteiger partial charge in [0.05, 0.1) is 24.9 Å². The smallest absolute Gasteiger partial charge is 0.255 e. The zero-order valence-corrected chi connectivity index (χ0v) is 10.9. The van der Waals surface area contributed by atoms with Gasteiger partial charge in [-0.2, -0.15) is 0 Å². The van der Waals surface area contributed by atoms with E-state index in [9.17, 15) is 4.79 Å². The fraction of sp³-hybridized carbons (Fsp3) is 0.417. The number of aliphatic hydroxyl groups is 1. The van der Waals surface area contributed by atoms with Crippen molar-refractivity contribution in [1.29, 1.82) is 0 Å². The lowest BCUT2D eigenvalue weighted by Crippen LogP contribution is -2.46. The molecule has 4 nitrogen and oxygen atoms in total. The van der Waals surface area contributed by atoms with Crippen molar-refractivity contribution in [2.75, 3.05) is 26.3 Å². The molecule has 0 bridgehead atoms. The molecule has 0 spiro atoms. The van der Waals surface area contributed by atoms with Gasteiger partial charge in [0.1, 0.15) is 0 Å². The molecule has 92 valence electrons. The van der Waals surface area contributed by atoms with Gasteiger partial charge in [0.25, 0.3) is 5.91 Å². The van der Waals surface area contributed by atoms with Gasteiger partial charge in [0, 0.05) is 17.6 Å². The molecule has 1 amide bonds. The summed E-state index contributed by atoms with van der Waals surface area (Å²) in [5.41, 5.74) is 0.645. The quantitative estimate of drug-likeness (QED) is 0.895. The molecule has 1 atom stereocenters. The van der Waals surface area contributed by atoms with Crippen LogP contribution in [0.3, 0.4) is 0 Å². The highest BCUT2D eigenvalue weighted by Gasteiger charge is 2.25. The third-order valence-corrected chi connectivity index (χ3v) is 3.43. The number of carbonyl (C=O) groups is 1. The molecule has 1 fully saturated rings. The van der Waals surface area contributed by atoms with E-state index in [4.69, 9.17) is 9.84 Å². The van der Waals surface area contributed by atoms with Crippen molar-refractivity contribution in [3.63, 3.8) is 0 Å². The van der Waals surface area contributed by atoms with Crippen LogP contribution in [0, 0.1) is 0 Å². The Morgan fingerprint density at radius 3 is 3.00 bits per heavy atom. The maximum Gasteiger partial charge on any atom is 0.255 e. The van der Waals surface area contributed by atoms with Crippen molar-refractivity contribution < 1.29 is 14.6 Å². The standard InChI is InChI=1S/C12H14BrNO3/c13-11-4-2-1-3-10(11)12(16)14-5-6-17-9(7-14)8-15/h1-4,9,15H,5-8H2. The predicted molar refractivity (Wildman–Crippen MR) is 66.9 cm³/mol. The molecule has 0 aromatic heterocycles. The fourth-order valence-corrected chi connectivity index (χ4v) is 2.27. The number of hydrogen-bond donors (Lipinski definition) is 1. The van der Waals surface area contributed by atoms with E-state index in [2.05, 4.69) is 15.9 Å². The Balaban J connectivity index is 2.12. The van der Waals surface area contributed by atoms with Gasteiger partial charge in [0.15, 0.2) is 0 Å². The van der Waals surface area contributed by atoms with Crippen LogP contribution in [0.1, 0.15) is 10.4 Å². The molecule has 1 aliphatic heterocycles. The van der Waals surface area contributed by atoms with E-state index in [1.807, 2.05) is 18.2 Å². The zero-order chi connectivity index (χ0) is 12.3. The van der Waals surface area contributed by atoms with Crippen molar-refractivity contribution >= 4 is 21.8 Å². The first-order chi connectivity index (χ1) is 8.22. The van der Waals surface area contributed by atoms with E-state index in [1.165, 1.54) is 0 Å². The Morgan fingerprint density at radius 1 is 1.53 bits per heavy atom. The highest BCUT2D eigenvalue weighted by molar-refractivity contribution is 9.10. The summed E-state index contributed by atoms with van der Waals surface area (Å²) in [4.78, 5) is 14.0. The molecular weight excluding hydrogens is 286 g/mol. The van der Waals surface area contributed by atoms with Crippen LogP contribution in [-0.2, 0) is 4.74 Å². The van der Waals surface area contributed by atoms with E-state index in [1.54, 1.807) is 11.0 Å². The van der Waals surface area contributed by atoms with Crippen LogP contribution in [-0.4, -0.2) is 48.3 Å². The van der Waals surface area contributed by atoms with Crippen molar-refractivity contribution in [1.82, 2.24) is 4.90 Å². The molecule has 1 aromatic carbocycles. The molecule has 2 rings (SSSR count). The maximum absolute atomic E-state index is 12.2. The van der Waals surface area contributed by atoms with Crippen LogP contribution in [0.4, 0.5) is 0 Å². The van der Waals surface area contributed by atoms with Crippen molar-refractivity contribution in [2.24, 2.45) is 0 Å². The fourth-order valence-electron chi connectivity index (χ4n) is 1.82. The Morgan fingerprint density at radius 2 is 2.29 bits per heavy atom. The summed E-state index contributed by atoms with van der Waals surface area (Å²) in [5.74, 6) is -0.0285. The molecule has 1 unspecified atom stereocenters. The molecule has 1 heterocycles. The van der Waals surface area contributed by atoms with E-state index in [0.29, 0.717) is 25.3 Å². The number of hydrogen-bond acceptors (Lipinski definition) is 3. The Kier molecular flexibility index (Phi) is 4.15. The predicted octanol–water partition coefficient (Wildman–Crippen LogP) is 1.28. The van der Waals surface area contributed by atoms with Crippen LogP contribution < -0.4 is 0 Å². The molecule has 17 heavy (non-hydrogen) atoms. The molecule has 1 saturated heterocycles. The average Bonchev–Trinajstić information content (AvgIpc) is 2.38. The second-order valence-electron chi connectivity index (χ2n) is 3.91. The van der Waals surface area contributed by atoms with Crippen LogP contribution >= 0.6 is 15.9 Å². The van der Waals surface area contributed by atoms with Gasteiger partial charge in [0.2, 0.25) is 0 Å². The van der Waals surface area contributed by atoms with E-state index < -0.39 is 0 Å². The molecule has 0 saturated carbocycles. The number of amides is 1. The van der Waals surface area contributed by atoms with Gasteiger partial charge in [-0.25, -0.2) is 0 Å². The summed E-state index contributed by atoms with van der Waals surface area (Å²) >= 11 is 3.37. The molecule has 1 aliphatic rings. The highest BCUT2D eigenvalue weighted by atomic mass is 79.9. The summed E-state index contributed by atoms with van der Waals surface area (Å²) in [6.45, 7) is 1.43. The number of carbonyl (C=O) groups excluding carboxylic acids is 1. The normalized spacial score (nSPS) is 20.4. The van der Waals surface area contributed by atoms with Crippen molar-refractivity contribution in [2.45, 2.75) is 6.10 Å². The molecule has 0 radical (unpaired) electrons.